The summed E-state index contributed by atoms with van der Waals surface area (Å²) in [4.78, 5) is 6.78. The topological polar surface area (TPSA) is 16.1 Å². The molecule has 2 unspecified atom stereocenters. The third kappa shape index (κ3) is 2.93. The first-order valence-electron chi connectivity index (χ1n) is 5.52. The van der Waals surface area contributed by atoms with Gasteiger partial charge in [-0.2, -0.15) is 0 Å². The van der Waals surface area contributed by atoms with E-state index in [2.05, 4.69) is 22.9 Å². The normalized spacial score (nSPS) is 27.9. The summed E-state index contributed by atoms with van der Waals surface area (Å²) in [6, 6.07) is 6.08. The average molecular weight is 225 g/mol. The molecule has 2 rings (SSSR count). The summed E-state index contributed by atoms with van der Waals surface area (Å²) in [5.74, 6) is 0.587. The zero-order valence-electron chi connectivity index (χ0n) is 9.06. The van der Waals surface area contributed by atoms with Crippen molar-refractivity contribution in [3.63, 3.8) is 0 Å². The van der Waals surface area contributed by atoms with Crippen molar-refractivity contribution in [2.45, 2.75) is 25.3 Å². The first-order chi connectivity index (χ1) is 7.25. The molecule has 1 aromatic heterocycles. The van der Waals surface area contributed by atoms with Gasteiger partial charge in [-0.05, 0) is 31.0 Å². The number of nitrogens with zero attached hydrogens (tertiary/aromatic N) is 2. The van der Waals surface area contributed by atoms with Gasteiger partial charge >= 0.3 is 0 Å². The average Bonchev–Trinajstić information content (AvgIpc) is 2.25. The van der Waals surface area contributed by atoms with E-state index in [0.717, 1.165) is 31.7 Å². The van der Waals surface area contributed by atoms with E-state index in [-0.39, 0.29) is 0 Å². The van der Waals surface area contributed by atoms with Gasteiger partial charge in [0, 0.05) is 24.7 Å². The number of aromatic nitrogens is 1. The Labute approximate surface area is 96.3 Å². The molecule has 1 aliphatic rings. The Morgan fingerprint density at radius 2 is 2.40 bits per heavy atom. The fourth-order valence-corrected chi connectivity index (χ4v) is 2.24. The van der Waals surface area contributed by atoms with E-state index >= 15 is 0 Å². The third-order valence-corrected chi connectivity index (χ3v) is 3.64. The number of likely N-dealkylation sites (tertiary alicyclic amines) is 1. The second-order valence-electron chi connectivity index (χ2n) is 4.34. The van der Waals surface area contributed by atoms with E-state index in [0.29, 0.717) is 11.3 Å². The third-order valence-electron chi connectivity index (χ3n) is 3.00. The lowest BCUT2D eigenvalue weighted by Crippen LogP contribution is -2.39. The molecule has 3 heteroatoms. The van der Waals surface area contributed by atoms with Crippen LogP contribution in [0.25, 0.3) is 0 Å². The fourth-order valence-electron chi connectivity index (χ4n) is 2.07. The summed E-state index contributed by atoms with van der Waals surface area (Å²) in [7, 11) is 0. The second-order valence-corrected chi connectivity index (χ2v) is 4.90. The van der Waals surface area contributed by atoms with Crippen LogP contribution in [0.3, 0.4) is 0 Å². The zero-order chi connectivity index (χ0) is 10.7. The molecule has 0 radical (unpaired) electrons. The molecule has 0 N–H and O–H groups in total. The van der Waals surface area contributed by atoms with Crippen molar-refractivity contribution < 1.29 is 0 Å². The van der Waals surface area contributed by atoms with Gasteiger partial charge in [-0.15, -0.1) is 11.6 Å². The minimum absolute atomic E-state index is 0.352. The fraction of sp³-hybridized carbons (Fsp3) is 0.583. The number of hydrogen-bond donors (Lipinski definition) is 0. The lowest BCUT2D eigenvalue weighted by molar-refractivity contribution is 0.178. The quantitative estimate of drug-likeness (QED) is 0.718. The van der Waals surface area contributed by atoms with Crippen LogP contribution in [0.2, 0.25) is 0 Å². The van der Waals surface area contributed by atoms with Gasteiger partial charge in [-0.3, -0.25) is 9.88 Å². The van der Waals surface area contributed by atoms with E-state index in [1.54, 1.807) is 0 Å². The Hall–Kier alpha value is -0.600. The first-order valence-corrected chi connectivity index (χ1v) is 5.95. The van der Waals surface area contributed by atoms with Crippen molar-refractivity contribution in [2.24, 2.45) is 5.92 Å². The van der Waals surface area contributed by atoms with Gasteiger partial charge in [0.15, 0.2) is 0 Å². The van der Waals surface area contributed by atoms with Gasteiger partial charge in [0.25, 0.3) is 0 Å². The lowest BCUT2D eigenvalue weighted by Gasteiger charge is -2.33. The summed E-state index contributed by atoms with van der Waals surface area (Å²) in [6.07, 6.45) is 2.95. The zero-order valence-corrected chi connectivity index (χ0v) is 9.82. The van der Waals surface area contributed by atoms with Crippen molar-refractivity contribution >= 4 is 11.6 Å². The number of pyridine rings is 1. The van der Waals surface area contributed by atoms with Crippen LogP contribution >= 0.6 is 11.6 Å². The highest BCUT2D eigenvalue weighted by molar-refractivity contribution is 6.20. The van der Waals surface area contributed by atoms with Crippen molar-refractivity contribution in [3.05, 3.63) is 30.1 Å². The largest absolute Gasteiger partial charge is 0.297 e. The predicted molar refractivity (Wildman–Crippen MR) is 62.9 cm³/mol. The Kier molecular flexibility index (Phi) is 3.60. The minimum Gasteiger partial charge on any atom is -0.297 e. The highest BCUT2D eigenvalue weighted by Gasteiger charge is 2.24. The number of hydrogen-bond acceptors (Lipinski definition) is 2. The molecule has 82 valence electrons. The highest BCUT2D eigenvalue weighted by Crippen LogP contribution is 2.22. The maximum atomic E-state index is 6.19. The second kappa shape index (κ2) is 4.95. The smallest absolute Gasteiger partial charge is 0.0543 e. The molecular weight excluding hydrogens is 208 g/mol. The van der Waals surface area contributed by atoms with E-state index in [4.69, 9.17) is 11.6 Å². The van der Waals surface area contributed by atoms with Crippen molar-refractivity contribution in [1.29, 1.82) is 0 Å². The molecule has 0 saturated carbocycles. The van der Waals surface area contributed by atoms with Crippen LogP contribution in [0.5, 0.6) is 0 Å². The van der Waals surface area contributed by atoms with Gasteiger partial charge in [0.05, 0.1) is 5.69 Å². The van der Waals surface area contributed by atoms with E-state index < -0.39 is 0 Å². The molecule has 1 aromatic rings. The minimum atomic E-state index is 0.352. The van der Waals surface area contributed by atoms with Crippen molar-refractivity contribution in [1.82, 2.24) is 9.88 Å². The summed E-state index contributed by atoms with van der Waals surface area (Å²) >= 11 is 6.19. The Bertz CT molecular complexity index is 302. The Morgan fingerprint density at radius 1 is 1.53 bits per heavy atom. The summed E-state index contributed by atoms with van der Waals surface area (Å²) in [6.45, 7) is 5.36. The van der Waals surface area contributed by atoms with Crippen LogP contribution in [0, 0.1) is 5.92 Å². The molecule has 0 bridgehead atoms. The van der Waals surface area contributed by atoms with Crippen molar-refractivity contribution in [2.75, 3.05) is 13.1 Å². The Balaban J connectivity index is 1.91. The molecule has 0 spiro atoms. The molecule has 1 saturated heterocycles. The number of alkyl halides is 1. The van der Waals surface area contributed by atoms with Gasteiger partial charge in [0.1, 0.15) is 0 Å². The molecule has 2 heterocycles. The van der Waals surface area contributed by atoms with E-state index in [1.165, 1.54) is 0 Å². The van der Waals surface area contributed by atoms with Crippen LogP contribution in [-0.4, -0.2) is 28.4 Å². The summed E-state index contributed by atoms with van der Waals surface area (Å²) in [5, 5.41) is 0.352. The van der Waals surface area contributed by atoms with Crippen LogP contribution in [0.4, 0.5) is 0 Å². The summed E-state index contributed by atoms with van der Waals surface area (Å²) < 4.78 is 0. The Morgan fingerprint density at radius 3 is 3.07 bits per heavy atom. The van der Waals surface area contributed by atoms with Crippen LogP contribution < -0.4 is 0 Å². The number of rotatable bonds is 2. The van der Waals surface area contributed by atoms with Gasteiger partial charge in [0.2, 0.25) is 0 Å². The lowest BCUT2D eigenvalue weighted by atomic mass is 9.99. The molecule has 2 atom stereocenters. The van der Waals surface area contributed by atoms with Crippen LogP contribution in [0.15, 0.2) is 24.4 Å². The first kappa shape index (κ1) is 10.9. The van der Waals surface area contributed by atoms with Gasteiger partial charge in [-0.25, -0.2) is 0 Å². The molecule has 15 heavy (non-hydrogen) atoms. The maximum absolute atomic E-state index is 6.19. The molecule has 1 aliphatic heterocycles. The van der Waals surface area contributed by atoms with E-state index in [1.807, 2.05) is 18.3 Å². The SMILES string of the molecule is CC1CN(Cc2ccccn2)CCC1Cl. The molecule has 2 nitrogen and oxygen atoms in total. The monoisotopic (exact) mass is 224 g/mol. The number of halogens is 1. The van der Waals surface area contributed by atoms with Gasteiger partial charge in [-0.1, -0.05) is 13.0 Å². The van der Waals surface area contributed by atoms with Crippen LogP contribution in [-0.2, 0) is 6.54 Å². The van der Waals surface area contributed by atoms with Gasteiger partial charge < -0.3 is 0 Å². The molecule has 0 aliphatic carbocycles. The van der Waals surface area contributed by atoms with E-state index in [9.17, 15) is 0 Å². The van der Waals surface area contributed by atoms with Crippen LogP contribution in [0.1, 0.15) is 19.0 Å². The van der Waals surface area contributed by atoms with Crippen molar-refractivity contribution in [3.8, 4) is 0 Å². The number of piperidine rings is 1. The molecule has 1 fully saturated rings. The highest BCUT2D eigenvalue weighted by atomic mass is 35.5. The standard InChI is InChI=1S/C12H17ClN2/c1-10-8-15(7-5-12(10)13)9-11-4-2-3-6-14-11/h2-4,6,10,12H,5,7-9H2,1H3. The molecular formula is C12H17ClN2. The summed E-state index contributed by atoms with van der Waals surface area (Å²) in [5.41, 5.74) is 1.15. The molecule has 0 amide bonds. The maximum Gasteiger partial charge on any atom is 0.0543 e. The molecule has 0 aromatic carbocycles. The predicted octanol–water partition coefficient (Wildman–Crippen LogP) is 2.53.